The lowest BCUT2D eigenvalue weighted by Crippen LogP contribution is -2.16. The van der Waals surface area contributed by atoms with Crippen LogP contribution in [-0.4, -0.2) is 0 Å². The average molecular weight is 782 g/mol. The SMILES string of the molecule is CC1(C)c2ccccc2-c2ccc(N(c3ccc(C4=CC(c5ccccc5)Cc5oc6c(cc(-c7ccccc7)c7ccccc76)c54)cc3)c3ccc4ccccc4c3)cc21. The molecule has 0 N–H and O–H groups in total. The molecule has 0 saturated heterocycles. The van der Waals surface area contributed by atoms with Crippen molar-refractivity contribution in [2.24, 2.45) is 0 Å². The highest BCUT2D eigenvalue weighted by molar-refractivity contribution is 6.15. The van der Waals surface area contributed by atoms with Gasteiger partial charge in [0.15, 0.2) is 0 Å². The second kappa shape index (κ2) is 13.8. The van der Waals surface area contributed by atoms with Gasteiger partial charge in [0.25, 0.3) is 0 Å². The van der Waals surface area contributed by atoms with E-state index in [4.69, 9.17) is 4.42 Å². The van der Waals surface area contributed by atoms with Crippen LogP contribution in [0.1, 0.15) is 53.3 Å². The molecule has 0 fully saturated rings. The molecule has 0 amide bonds. The van der Waals surface area contributed by atoms with Crippen molar-refractivity contribution in [1.82, 2.24) is 0 Å². The van der Waals surface area contributed by atoms with E-state index >= 15 is 0 Å². The van der Waals surface area contributed by atoms with E-state index < -0.39 is 0 Å². The molecule has 2 aliphatic rings. The van der Waals surface area contributed by atoms with Crippen LogP contribution >= 0.6 is 0 Å². The third-order valence-corrected chi connectivity index (χ3v) is 13.4. The van der Waals surface area contributed by atoms with Crippen molar-refractivity contribution in [3.05, 3.63) is 240 Å². The van der Waals surface area contributed by atoms with Crippen LogP contribution in [0.3, 0.4) is 0 Å². The number of benzene rings is 9. The van der Waals surface area contributed by atoms with Gasteiger partial charge in [0.1, 0.15) is 11.3 Å². The van der Waals surface area contributed by atoms with Crippen LogP contribution in [0.2, 0.25) is 0 Å². The fraction of sp³-hybridized carbons (Fsp3) is 0.0847. The first kappa shape index (κ1) is 35.5. The summed E-state index contributed by atoms with van der Waals surface area (Å²) in [6.07, 6.45) is 3.29. The number of anilines is 3. The van der Waals surface area contributed by atoms with Crippen LogP contribution in [0, 0.1) is 0 Å². The van der Waals surface area contributed by atoms with Gasteiger partial charge >= 0.3 is 0 Å². The molecule has 1 atom stereocenters. The predicted molar refractivity (Wildman–Crippen MR) is 255 cm³/mol. The van der Waals surface area contributed by atoms with Gasteiger partial charge < -0.3 is 9.32 Å². The fourth-order valence-corrected chi connectivity index (χ4v) is 10.3. The van der Waals surface area contributed by atoms with E-state index in [1.807, 2.05) is 0 Å². The third-order valence-electron chi connectivity index (χ3n) is 13.4. The summed E-state index contributed by atoms with van der Waals surface area (Å²) in [5, 5.41) is 5.96. The van der Waals surface area contributed by atoms with Crippen LogP contribution in [0.15, 0.2) is 211 Å². The van der Waals surface area contributed by atoms with E-state index in [1.54, 1.807) is 0 Å². The molecule has 2 heteroatoms. The van der Waals surface area contributed by atoms with Gasteiger partial charge in [-0.05, 0) is 109 Å². The number of furan rings is 1. The quantitative estimate of drug-likeness (QED) is 0.167. The van der Waals surface area contributed by atoms with Crippen LogP contribution < -0.4 is 4.90 Å². The Hall–Kier alpha value is -7.42. The molecule has 61 heavy (non-hydrogen) atoms. The Balaban J connectivity index is 1.03. The average Bonchev–Trinajstić information content (AvgIpc) is 3.81. The summed E-state index contributed by atoms with van der Waals surface area (Å²) in [6, 6.07) is 73.3. The van der Waals surface area contributed by atoms with E-state index in [1.165, 1.54) is 71.8 Å². The molecule has 290 valence electrons. The second-order valence-corrected chi connectivity index (χ2v) is 17.2. The summed E-state index contributed by atoms with van der Waals surface area (Å²) in [6.45, 7) is 4.72. The zero-order valence-electron chi connectivity index (χ0n) is 34.3. The highest BCUT2D eigenvalue weighted by Gasteiger charge is 2.36. The first-order valence-electron chi connectivity index (χ1n) is 21.4. The van der Waals surface area contributed by atoms with Crippen LogP contribution in [0.4, 0.5) is 17.1 Å². The van der Waals surface area contributed by atoms with Crippen LogP contribution in [0.25, 0.3) is 60.3 Å². The minimum Gasteiger partial charge on any atom is -0.460 e. The van der Waals surface area contributed by atoms with Gasteiger partial charge in [-0.15, -0.1) is 0 Å². The van der Waals surface area contributed by atoms with Crippen LogP contribution in [-0.2, 0) is 11.8 Å². The highest BCUT2D eigenvalue weighted by Crippen LogP contribution is 2.51. The first-order valence-corrected chi connectivity index (χ1v) is 21.4. The number of rotatable bonds is 6. The molecule has 0 aliphatic heterocycles. The summed E-state index contributed by atoms with van der Waals surface area (Å²) >= 11 is 0. The number of allylic oxidation sites excluding steroid dienone is 1. The summed E-state index contributed by atoms with van der Waals surface area (Å²) in [5.74, 6) is 1.22. The number of fused-ring (bicyclic) bond motifs is 9. The molecule has 12 rings (SSSR count). The van der Waals surface area contributed by atoms with Crippen molar-refractivity contribution in [1.29, 1.82) is 0 Å². The van der Waals surface area contributed by atoms with Crippen molar-refractivity contribution < 1.29 is 4.42 Å². The van der Waals surface area contributed by atoms with E-state index in [9.17, 15) is 0 Å². The summed E-state index contributed by atoms with van der Waals surface area (Å²) in [4.78, 5) is 2.43. The molecule has 0 saturated carbocycles. The molecule has 1 unspecified atom stereocenters. The van der Waals surface area contributed by atoms with E-state index in [2.05, 4.69) is 225 Å². The van der Waals surface area contributed by atoms with Crippen molar-refractivity contribution >= 4 is 55.1 Å². The van der Waals surface area contributed by atoms with Gasteiger partial charge in [0.05, 0.1) is 0 Å². The molecular formula is C59H43NO. The number of hydrogen-bond acceptors (Lipinski definition) is 2. The topological polar surface area (TPSA) is 16.4 Å². The van der Waals surface area contributed by atoms with Crippen molar-refractivity contribution in [3.63, 3.8) is 0 Å². The Kier molecular flexibility index (Phi) is 8.05. The van der Waals surface area contributed by atoms with Crippen molar-refractivity contribution in [2.75, 3.05) is 4.90 Å². The maximum Gasteiger partial charge on any atom is 0.142 e. The zero-order valence-corrected chi connectivity index (χ0v) is 34.3. The highest BCUT2D eigenvalue weighted by atomic mass is 16.3. The lowest BCUT2D eigenvalue weighted by Gasteiger charge is -2.29. The molecular weight excluding hydrogens is 739 g/mol. The minimum absolute atomic E-state index is 0.111. The largest absolute Gasteiger partial charge is 0.460 e. The molecule has 2 aliphatic carbocycles. The maximum absolute atomic E-state index is 7.04. The van der Waals surface area contributed by atoms with Crippen molar-refractivity contribution in [3.8, 4) is 22.3 Å². The molecule has 0 radical (unpaired) electrons. The number of nitrogens with zero attached hydrogens (tertiary/aromatic N) is 1. The summed E-state index contributed by atoms with van der Waals surface area (Å²) in [7, 11) is 0. The predicted octanol–water partition coefficient (Wildman–Crippen LogP) is 16.0. The monoisotopic (exact) mass is 781 g/mol. The maximum atomic E-state index is 7.04. The van der Waals surface area contributed by atoms with Gasteiger partial charge in [-0.3, -0.25) is 0 Å². The smallest absolute Gasteiger partial charge is 0.142 e. The molecule has 1 aromatic heterocycles. The van der Waals surface area contributed by atoms with Gasteiger partial charge in [-0.1, -0.05) is 178 Å². The van der Waals surface area contributed by atoms with E-state index in [0.29, 0.717) is 0 Å². The Morgan fingerprint density at radius 2 is 1.11 bits per heavy atom. The lowest BCUT2D eigenvalue weighted by atomic mass is 9.81. The van der Waals surface area contributed by atoms with Gasteiger partial charge in [-0.2, -0.15) is 0 Å². The molecule has 9 aromatic carbocycles. The van der Waals surface area contributed by atoms with Crippen LogP contribution in [0.5, 0.6) is 0 Å². The van der Waals surface area contributed by atoms with Gasteiger partial charge in [0.2, 0.25) is 0 Å². The molecule has 10 aromatic rings. The summed E-state index contributed by atoms with van der Waals surface area (Å²) in [5.41, 5.74) is 16.9. The fourth-order valence-electron chi connectivity index (χ4n) is 10.3. The summed E-state index contributed by atoms with van der Waals surface area (Å²) < 4.78 is 7.04. The Bertz CT molecular complexity index is 3350. The second-order valence-electron chi connectivity index (χ2n) is 17.2. The lowest BCUT2D eigenvalue weighted by molar-refractivity contribution is 0.534. The third kappa shape index (κ3) is 5.70. The minimum atomic E-state index is -0.111. The standard InChI is InChI=1S/C59H43NO/c1-59(2)54-24-14-13-22-48(54)49-32-31-46(36-55(49)59)60(45-30-25-39-17-9-10-20-42(39)33-45)44-28-26-41(27-29-44)52-34-43(38-15-5-3-6-16-38)35-56-57(52)53-37-51(40-18-7-4-8-19-40)47-21-11-12-23-50(47)58(53)61-56/h3-34,36-37,43H,35H2,1-2H3. The Labute approximate surface area is 356 Å². The number of hydrogen-bond donors (Lipinski definition) is 0. The van der Waals surface area contributed by atoms with E-state index in [-0.39, 0.29) is 11.3 Å². The normalized spacial score (nSPS) is 15.0. The molecule has 1 heterocycles. The van der Waals surface area contributed by atoms with Gasteiger partial charge in [-0.25, -0.2) is 0 Å². The van der Waals surface area contributed by atoms with Gasteiger partial charge in [0, 0.05) is 51.2 Å². The first-order chi connectivity index (χ1) is 30.0. The molecule has 0 spiro atoms. The Morgan fingerprint density at radius 1 is 0.475 bits per heavy atom. The molecule has 2 nitrogen and oxygen atoms in total. The Morgan fingerprint density at radius 3 is 1.93 bits per heavy atom. The zero-order chi connectivity index (χ0) is 40.7. The molecule has 0 bridgehead atoms. The van der Waals surface area contributed by atoms with E-state index in [0.717, 1.165) is 45.6 Å². The van der Waals surface area contributed by atoms with Crippen molar-refractivity contribution in [2.45, 2.75) is 31.6 Å².